The molecule has 3 N–H and O–H groups in total. The van der Waals surface area contributed by atoms with Crippen molar-refractivity contribution in [1.82, 2.24) is 5.43 Å². The van der Waals surface area contributed by atoms with Gasteiger partial charge in [0.25, 0.3) is 0 Å². The molecule has 74 valence electrons. The largest absolute Gasteiger partial charge is 0.350 e. The van der Waals surface area contributed by atoms with Crippen LogP contribution < -0.4 is 11.2 Å². The van der Waals surface area contributed by atoms with Gasteiger partial charge < -0.3 is 5.73 Å². The second-order valence-corrected chi connectivity index (χ2v) is 3.11. The molecule has 0 bridgehead atoms. The molecule has 14 heavy (non-hydrogen) atoms. The van der Waals surface area contributed by atoms with E-state index in [-0.39, 0.29) is 0 Å². The predicted octanol–water partition coefficient (Wildman–Crippen LogP) is 1.65. The fraction of sp³-hybridized carbons (Fsp3) is 0.111. The highest BCUT2D eigenvalue weighted by Gasteiger charge is 1.99. The Labute approximate surface area is 86.7 Å². The number of carbonyl (C=O) groups excluding carboxylic acids is 1. The third-order valence-electron chi connectivity index (χ3n) is 1.64. The van der Waals surface area contributed by atoms with Gasteiger partial charge in [-0.3, -0.25) is 0 Å². The average molecular weight is 212 g/mol. The van der Waals surface area contributed by atoms with Gasteiger partial charge in [0.05, 0.1) is 6.21 Å². The molecule has 0 heterocycles. The first-order chi connectivity index (χ1) is 6.61. The number of rotatable bonds is 2. The van der Waals surface area contributed by atoms with Gasteiger partial charge in [0.2, 0.25) is 0 Å². The van der Waals surface area contributed by atoms with E-state index < -0.39 is 6.03 Å². The van der Waals surface area contributed by atoms with Crippen LogP contribution in [0.25, 0.3) is 0 Å². The number of nitrogens with two attached hydrogens (primary N) is 1. The molecule has 0 saturated heterocycles. The fourth-order valence-corrected chi connectivity index (χ4v) is 1.24. The van der Waals surface area contributed by atoms with Crippen molar-refractivity contribution in [2.45, 2.75) is 6.92 Å². The van der Waals surface area contributed by atoms with Crippen molar-refractivity contribution >= 4 is 23.8 Å². The summed E-state index contributed by atoms with van der Waals surface area (Å²) in [5.41, 5.74) is 8.68. The van der Waals surface area contributed by atoms with Gasteiger partial charge in [-0.05, 0) is 18.6 Å². The highest BCUT2D eigenvalue weighted by Crippen LogP contribution is 2.16. The first-order valence-electron chi connectivity index (χ1n) is 3.95. The number of aryl methyl sites for hydroxylation is 1. The quantitative estimate of drug-likeness (QED) is 0.567. The van der Waals surface area contributed by atoms with E-state index in [1.54, 1.807) is 6.07 Å². The number of primary amides is 1. The van der Waals surface area contributed by atoms with Crippen LogP contribution in [-0.2, 0) is 0 Å². The average Bonchev–Trinajstić information content (AvgIpc) is 2.09. The Balaban J connectivity index is 2.85. The van der Waals surface area contributed by atoms with Gasteiger partial charge in [-0.2, -0.15) is 5.10 Å². The monoisotopic (exact) mass is 211 g/mol. The zero-order chi connectivity index (χ0) is 10.6. The number of amides is 2. The second kappa shape index (κ2) is 4.62. The summed E-state index contributed by atoms with van der Waals surface area (Å²) in [4.78, 5) is 10.3. The topological polar surface area (TPSA) is 67.5 Å². The Morgan fingerprint density at radius 1 is 1.64 bits per heavy atom. The molecule has 5 heteroatoms. The number of carbonyl (C=O) groups is 1. The molecule has 1 aromatic carbocycles. The molecule has 2 amide bonds. The van der Waals surface area contributed by atoms with Crippen molar-refractivity contribution < 1.29 is 4.79 Å². The number of halogens is 1. The van der Waals surface area contributed by atoms with Crippen LogP contribution >= 0.6 is 11.6 Å². The van der Waals surface area contributed by atoms with Gasteiger partial charge in [0.15, 0.2) is 0 Å². The maximum atomic E-state index is 10.3. The smallest absolute Gasteiger partial charge is 0.332 e. The highest BCUT2D eigenvalue weighted by atomic mass is 35.5. The molecule has 0 aliphatic rings. The van der Waals surface area contributed by atoms with E-state index in [0.29, 0.717) is 5.02 Å². The second-order valence-electron chi connectivity index (χ2n) is 2.70. The first-order valence-corrected chi connectivity index (χ1v) is 4.32. The number of hydrogen-bond acceptors (Lipinski definition) is 2. The van der Waals surface area contributed by atoms with Crippen LogP contribution in [-0.4, -0.2) is 12.2 Å². The molecule has 0 radical (unpaired) electrons. The minimum atomic E-state index is -0.703. The summed E-state index contributed by atoms with van der Waals surface area (Å²) in [7, 11) is 0. The third kappa shape index (κ3) is 2.74. The van der Waals surface area contributed by atoms with Crippen molar-refractivity contribution in [2.75, 3.05) is 0 Å². The maximum absolute atomic E-state index is 10.3. The van der Waals surface area contributed by atoms with Gasteiger partial charge in [-0.25, -0.2) is 10.2 Å². The lowest BCUT2D eigenvalue weighted by Crippen LogP contribution is -2.24. The normalized spacial score (nSPS) is 10.4. The number of nitrogens with zero attached hydrogens (tertiary/aromatic N) is 1. The Hall–Kier alpha value is -1.55. The number of hydrazone groups is 1. The molecular formula is C9H10ClN3O. The van der Waals surface area contributed by atoms with E-state index in [1.165, 1.54) is 6.21 Å². The van der Waals surface area contributed by atoms with Crippen molar-refractivity contribution in [3.63, 3.8) is 0 Å². The first kappa shape index (κ1) is 10.5. The SMILES string of the molecule is Cc1cccc(Cl)c1C=NNC(N)=O. The Bertz CT molecular complexity index is 356. The van der Waals surface area contributed by atoms with E-state index >= 15 is 0 Å². The number of nitrogens with one attached hydrogen (secondary N) is 1. The maximum Gasteiger partial charge on any atom is 0.332 e. The van der Waals surface area contributed by atoms with Gasteiger partial charge in [-0.1, -0.05) is 23.7 Å². The van der Waals surface area contributed by atoms with Crippen LogP contribution in [0, 0.1) is 6.92 Å². The van der Waals surface area contributed by atoms with Crippen molar-refractivity contribution in [3.05, 3.63) is 34.3 Å². The minimum absolute atomic E-state index is 0.583. The lowest BCUT2D eigenvalue weighted by Gasteiger charge is -2.01. The molecule has 0 atom stereocenters. The summed E-state index contributed by atoms with van der Waals surface area (Å²) < 4.78 is 0. The van der Waals surface area contributed by atoms with Gasteiger partial charge in [-0.15, -0.1) is 0 Å². The number of benzene rings is 1. The minimum Gasteiger partial charge on any atom is -0.350 e. The standard InChI is InChI=1S/C9H10ClN3O/c1-6-3-2-4-8(10)7(6)5-12-13-9(11)14/h2-5H,1H3,(H3,11,13,14). The Kier molecular flexibility index (Phi) is 3.48. The van der Waals surface area contributed by atoms with E-state index in [0.717, 1.165) is 11.1 Å². The van der Waals surface area contributed by atoms with Crippen molar-refractivity contribution in [3.8, 4) is 0 Å². The van der Waals surface area contributed by atoms with Crippen molar-refractivity contribution in [1.29, 1.82) is 0 Å². The molecule has 1 aromatic rings. The zero-order valence-corrected chi connectivity index (χ0v) is 8.38. The van der Waals surface area contributed by atoms with Crippen LogP contribution in [0.15, 0.2) is 23.3 Å². The zero-order valence-electron chi connectivity index (χ0n) is 7.62. The Morgan fingerprint density at radius 2 is 2.36 bits per heavy atom. The molecule has 0 saturated carbocycles. The van der Waals surface area contributed by atoms with Gasteiger partial charge in [0.1, 0.15) is 0 Å². The van der Waals surface area contributed by atoms with E-state index in [9.17, 15) is 4.79 Å². The van der Waals surface area contributed by atoms with E-state index in [2.05, 4.69) is 10.5 Å². The molecule has 1 rings (SSSR count). The predicted molar refractivity (Wildman–Crippen MR) is 56.5 cm³/mol. The highest BCUT2D eigenvalue weighted by molar-refractivity contribution is 6.33. The Morgan fingerprint density at radius 3 is 2.93 bits per heavy atom. The molecular weight excluding hydrogens is 202 g/mol. The van der Waals surface area contributed by atoms with Crippen LogP contribution in [0.4, 0.5) is 4.79 Å². The summed E-state index contributed by atoms with van der Waals surface area (Å²) in [6, 6.07) is 4.79. The van der Waals surface area contributed by atoms with E-state index in [4.69, 9.17) is 17.3 Å². The van der Waals surface area contributed by atoms with Crippen LogP contribution in [0.5, 0.6) is 0 Å². The third-order valence-corrected chi connectivity index (χ3v) is 1.97. The lowest BCUT2D eigenvalue weighted by atomic mass is 10.1. The molecule has 0 aromatic heterocycles. The van der Waals surface area contributed by atoms with Crippen LogP contribution in [0.2, 0.25) is 5.02 Å². The number of urea groups is 1. The van der Waals surface area contributed by atoms with Gasteiger partial charge in [0, 0.05) is 10.6 Å². The van der Waals surface area contributed by atoms with Crippen LogP contribution in [0.3, 0.4) is 0 Å². The molecule has 0 aliphatic carbocycles. The molecule has 0 aliphatic heterocycles. The van der Waals surface area contributed by atoms with Crippen LogP contribution in [0.1, 0.15) is 11.1 Å². The molecule has 0 spiro atoms. The molecule has 4 nitrogen and oxygen atoms in total. The summed E-state index contributed by atoms with van der Waals surface area (Å²) in [6.45, 7) is 1.90. The summed E-state index contributed by atoms with van der Waals surface area (Å²) >= 11 is 5.91. The summed E-state index contributed by atoms with van der Waals surface area (Å²) in [5.74, 6) is 0. The summed E-state index contributed by atoms with van der Waals surface area (Å²) in [5, 5.41) is 4.21. The fourth-order valence-electron chi connectivity index (χ4n) is 0.969. The summed E-state index contributed by atoms with van der Waals surface area (Å²) in [6.07, 6.45) is 1.46. The molecule has 0 fully saturated rings. The number of hydrogen-bond donors (Lipinski definition) is 2. The lowest BCUT2D eigenvalue weighted by molar-refractivity contribution is 0.249. The molecule has 0 unspecified atom stereocenters. The van der Waals surface area contributed by atoms with E-state index in [1.807, 2.05) is 19.1 Å². The van der Waals surface area contributed by atoms with Gasteiger partial charge >= 0.3 is 6.03 Å². The van der Waals surface area contributed by atoms with Crippen molar-refractivity contribution in [2.24, 2.45) is 10.8 Å².